The Morgan fingerprint density at radius 1 is 1.25 bits per heavy atom. The van der Waals surface area contributed by atoms with Gasteiger partial charge >= 0.3 is 0 Å². The van der Waals surface area contributed by atoms with E-state index in [0.717, 1.165) is 28.0 Å². The van der Waals surface area contributed by atoms with Crippen LogP contribution in [0.5, 0.6) is 0 Å². The van der Waals surface area contributed by atoms with Crippen LogP contribution in [0.15, 0.2) is 33.6 Å². The Balaban J connectivity index is 2.04. The van der Waals surface area contributed by atoms with Gasteiger partial charge in [0.15, 0.2) is 0 Å². The van der Waals surface area contributed by atoms with Crippen LogP contribution < -0.4 is 0 Å². The quantitative estimate of drug-likeness (QED) is 0.653. The van der Waals surface area contributed by atoms with Crippen molar-refractivity contribution < 1.29 is 13.2 Å². The first-order chi connectivity index (χ1) is 11.2. The van der Waals surface area contributed by atoms with Crippen LogP contribution in [0.1, 0.15) is 33.1 Å². The molecule has 1 fully saturated rings. The number of hydrogen-bond acceptors (Lipinski definition) is 3. The third-order valence-corrected chi connectivity index (χ3v) is 6.48. The molecule has 5 nitrogen and oxygen atoms in total. The number of nitrogens with zero attached hydrogens (tertiary/aromatic N) is 2. The van der Waals surface area contributed by atoms with Crippen LogP contribution >= 0.6 is 15.9 Å². The highest BCUT2D eigenvalue weighted by Crippen LogP contribution is 2.28. The Morgan fingerprint density at radius 2 is 1.83 bits per heavy atom. The number of benzene rings is 1. The van der Waals surface area contributed by atoms with Crippen LogP contribution in [0, 0.1) is 5.92 Å². The van der Waals surface area contributed by atoms with E-state index in [1.54, 1.807) is 12.1 Å². The zero-order chi connectivity index (χ0) is 17.9. The lowest BCUT2D eigenvalue weighted by molar-refractivity contribution is -0.132. The van der Waals surface area contributed by atoms with E-state index in [-0.39, 0.29) is 17.3 Å². The molecule has 1 amide bonds. The number of amides is 1. The van der Waals surface area contributed by atoms with Gasteiger partial charge < -0.3 is 4.90 Å². The molecule has 24 heavy (non-hydrogen) atoms. The van der Waals surface area contributed by atoms with Gasteiger partial charge in [0.05, 0.1) is 11.4 Å². The van der Waals surface area contributed by atoms with E-state index in [0.29, 0.717) is 18.5 Å². The summed E-state index contributed by atoms with van der Waals surface area (Å²) in [6.07, 6.45) is 2.98. The number of hydrogen-bond donors (Lipinski definition) is 0. The first kappa shape index (κ1) is 19.4. The fourth-order valence-corrected chi connectivity index (χ4v) is 3.83. The molecule has 0 spiro atoms. The number of rotatable bonds is 8. The van der Waals surface area contributed by atoms with Crippen LogP contribution in [-0.4, -0.2) is 49.7 Å². The van der Waals surface area contributed by atoms with Gasteiger partial charge in [0, 0.05) is 24.1 Å². The predicted molar refractivity (Wildman–Crippen MR) is 98.1 cm³/mol. The van der Waals surface area contributed by atoms with E-state index in [1.165, 1.54) is 19.2 Å². The van der Waals surface area contributed by atoms with Gasteiger partial charge in [0.2, 0.25) is 15.9 Å². The molecule has 0 saturated heterocycles. The molecule has 2 rings (SSSR count). The van der Waals surface area contributed by atoms with Gasteiger partial charge in [-0.05, 0) is 49.4 Å². The molecule has 134 valence electrons. The van der Waals surface area contributed by atoms with Gasteiger partial charge in [-0.2, -0.15) is 4.31 Å². The van der Waals surface area contributed by atoms with E-state index in [9.17, 15) is 13.2 Å². The molecule has 0 heterocycles. The molecule has 1 aliphatic rings. The highest BCUT2D eigenvalue weighted by atomic mass is 79.9. The Kier molecular flexibility index (Phi) is 6.45. The van der Waals surface area contributed by atoms with Crippen molar-refractivity contribution in [1.29, 1.82) is 0 Å². The average molecular weight is 417 g/mol. The summed E-state index contributed by atoms with van der Waals surface area (Å²) in [5, 5.41) is 0. The van der Waals surface area contributed by atoms with E-state index < -0.39 is 10.0 Å². The summed E-state index contributed by atoms with van der Waals surface area (Å²) >= 11 is 3.29. The zero-order valence-electron chi connectivity index (χ0n) is 14.4. The Bertz CT molecular complexity index is 670. The Morgan fingerprint density at radius 3 is 2.33 bits per heavy atom. The topological polar surface area (TPSA) is 57.7 Å². The molecular weight excluding hydrogens is 392 g/mol. The lowest BCUT2D eigenvalue weighted by Gasteiger charge is -2.26. The first-order valence-corrected chi connectivity index (χ1v) is 10.5. The highest BCUT2D eigenvalue weighted by Gasteiger charge is 2.34. The molecule has 1 saturated carbocycles. The summed E-state index contributed by atoms with van der Waals surface area (Å²) in [6.45, 7) is 4.83. The molecule has 0 radical (unpaired) electrons. The van der Waals surface area contributed by atoms with E-state index in [2.05, 4.69) is 29.8 Å². The molecule has 0 unspecified atom stereocenters. The van der Waals surface area contributed by atoms with Crippen LogP contribution in [0.25, 0.3) is 0 Å². The van der Waals surface area contributed by atoms with Crippen LogP contribution in [-0.2, 0) is 14.8 Å². The fourth-order valence-electron chi connectivity index (χ4n) is 2.45. The van der Waals surface area contributed by atoms with Gasteiger partial charge in [0.1, 0.15) is 0 Å². The molecule has 1 aliphatic carbocycles. The van der Waals surface area contributed by atoms with E-state index in [4.69, 9.17) is 0 Å². The number of halogens is 1. The summed E-state index contributed by atoms with van der Waals surface area (Å²) < 4.78 is 27.1. The van der Waals surface area contributed by atoms with Crippen LogP contribution in [0.2, 0.25) is 0 Å². The van der Waals surface area contributed by atoms with E-state index in [1.807, 2.05) is 4.90 Å². The monoisotopic (exact) mass is 416 g/mol. The molecule has 1 aromatic carbocycles. The highest BCUT2D eigenvalue weighted by molar-refractivity contribution is 9.10. The first-order valence-electron chi connectivity index (χ1n) is 8.23. The van der Waals surface area contributed by atoms with Crippen molar-refractivity contribution in [3.05, 3.63) is 28.7 Å². The standard InChI is InChI=1S/C17H25BrN2O3S/c1-13(2)10-11-20(15-6-7-15)17(21)12-19(3)24(22,23)16-8-4-14(18)5-9-16/h4-5,8-9,13,15H,6-7,10-12H2,1-3H3. The third kappa shape index (κ3) is 5.04. The van der Waals surface area contributed by atoms with Gasteiger partial charge in [-0.3, -0.25) is 4.79 Å². The predicted octanol–water partition coefficient (Wildman–Crippen LogP) is 3.11. The van der Waals surface area contributed by atoms with Crippen molar-refractivity contribution >= 4 is 31.9 Å². The molecule has 0 aromatic heterocycles. The number of sulfonamides is 1. The normalized spacial score (nSPS) is 15.1. The average Bonchev–Trinajstić information content (AvgIpc) is 3.32. The number of likely N-dealkylation sites (N-methyl/N-ethyl adjacent to an activating group) is 1. The zero-order valence-corrected chi connectivity index (χ0v) is 16.8. The molecule has 7 heteroatoms. The number of carbonyl (C=O) groups is 1. The van der Waals surface area contributed by atoms with Crippen molar-refractivity contribution in [1.82, 2.24) is 9.21 Å². The van der Waals surface area contributed by atoms with Gasteiger partial charge in [-0.1, -0.05) is 29.8 Å². The second kappa shape index (κ2) is 7.97. The van der Waals surface area contributed by atoms with Crippen molar-refractivity contribution in [2.45, 2.75) is 44.0 Å². The third-order valence-electron chi connectivity index (χ3n) is 4.14. The van der Waals surface area contributed by atoms with Crippen molar-refractivity contribution in [3.8, 4) is 0 Å². The molecule has 0 N–H and O–H groups in total. The van der Waals surface area contributed by atoms with Gasteiger partial charge in [0.25, 0.3) is 0 Å². The lowest BCUT2D eigenvalue weighted by Crippen LogP contribution is -2.42. The number of carbonyl (C=O) groups excluding carboxylic acids is 1. The molecule has 1 aromatic rings. The molecule has 0 bridgehead atoms. The second-order valence-corrected chi connectivity index (χ2v) is 9.68. The Hall–Kier alpha value is -0.920. The molecule has 0 atom stereocenters. The van der Waals surface area contributed by atoms with Gasteiger partial charge in [-0.25, -0.2) is 8.42 Å². The fraction of sp³-hybridized carbons (Fsp3) is 0.588. The van der Waals surface area contributed by atoms with Crippen molar-refractivity contribution in [3.63, 3.8) is 0 Å². The maximum atomic E-state index is 12.6. The minimum atomic E-state index is -3.66. The summed E-state index contributed by atoms with van der Waals surface area (Å²) in [5.74, 6) is 0.407. The summed E-state index contributed by atoms with van der Waals surface area (Å²) in [7, 11) is -2.19. The minimum Gasteiger partial charge on any atom is -0.339 e. The summed E-state index contributed by atoms with van der Waals surface area (Å²) in [5.41, 5.74) is 0. The summed E-state index contributed by atoms with van der Waals surface area (Å²) in [4.78, 5) is 14.6. The second-order valence-electron chi connectivity index (χ2n) is 6.72. The largest absolute Gasteiger partial charge is 0.339 e. The minimum absolute atomic E-state index is 0.110. The Labute approximate surface area is 153 Å². The smallest absolute Gasteiger partial charge is 0.243 e. The lowest BCUT2D eigenvalue weighted by atomic mass is 10.1. The van der Waals surface area contributed by atoms with Crippen molar-refractivity contribution in [2.24, 2.45) is 5.92 Å². The van der Waals surface area contributed by atoms with Gasteiger partial charge in [-0.15, -0.1) is 0 Å². The van der Waals surface area contributed by atoms with Crippen LogP contribution in [0.3, 0.4) is 0 Å². The summed E-state index contributed by atoms with van der Waals surface area (Å²) in [6, 6.07) is 6.74. The maximum Gasteiger partial charge on any atom is 0.243 e. The molecular formula is C17H25BrN2O3S. The SMILES string of the molecule is CC(C)CCN(C(=O)CN(C)S(=O)(=O)c1ccc(Br)cc1)C1CC1. The molecule has 0 aliphatic heterocycles. The van der Waals surface area contributed by atoms with Crippen LogP contribution in [0.4, 0.5) is 0 Å². The van der Waals surface area contributed by atoms with E-state index >= 15 is 0 Å². The maximum absolute atomic E-state index is 12.6. The van der Waals surface area contributed by atoms with Crippen molar-refractivity contribution in [2.75, 3.05) is 20.1 Å².